The summed E-state index contributed by atoms with van der Waals surface area (Å²) in [4.78, 5) is 11.5. The topological polar surface area (TPSA) is 72.9 Å². The van der Waals surface area contributed by atoms with E-state index in [4.69, 9.17) is 0 Å². The third-order valence-electron chi connectivity index (χ3n) is 2.26. The van der Waals surface area contributed by atoms with E-state index >= 15 is 0 Å². The highest BCUT2D eigenvalue weighted by atomic mass is 31.2. The summed E-state index contributed by atoms with van der Waals surface area (Å²) in [5.41, 5.74) is 0. The molecule has 15 heavy (non-hydrogen) atoms. The molecule has 1 amide bonds. The van der Waals surface area contributed by atoms with Crippen LogP contribution in [0.2, 0.25) is 0 Å². The highest BCUT2D eigenvalue weighted by Crippen LogP contribution is 2.62. The minimum absolute atomic E-state index is 0.149. The van der Waals surface area contributed by atoms with Gasteiger partial charge in [-0.1, -0.05) is 0 Å². The molecule has 0 aliphatic carbocycles. The summed E-state index contributed by atoms with van der Waals surface area (Å²) in [5, 5.41) is 9.60. The first kappa shape index (κ1) is 10.9. The van der Waals surface area contributed by atoms with E-state index < -0.39 is 13.7 Å². The van der Waals surface area contributed by atoms with E-state index in [1.807, 2.05) is 0 Å². The van der Waals surface area contributed by atoms with Crippen LogP contribution in [-0.4, -0.2) is 58.3 Å². The first-order valence-corrected chi connectivity index (χ1v) is 6.44. The van der Waals surface area contributed by atoms with Gasteiger partial charge in [0.2, 0.25) is 0 Å². The van der Waals surface area contributed by atoms with Crippen molar-refractivity contribution in [3.8, 4) is 0 Å². The van der Waals surface area contributed by atoms with Crippen LogP contribution in [0.15, 0.2) is 0 Å². The van der Waals surface area contributed by atoms with Crippen molar-refractivity contribution in [1.82, 2.24) is 14.2 Å². The van der Waals surface area contributed by atoms with Crippen LogP contribution in [-0.2, 0) is 9.30 Å². The molecule has 2 saturated heterocycles. The third-order valence-corrected chi connectivity index (χ3v) is 5.19. The van der Waals surface area contributed by atoms with E-state index in [9.17, 15) is 14.6 Å². The molecule has 0 aromatic heterocycles. The van der Waals surface area contributed by atoms with Crippen molar-refractivity contribution in [3.63, 3.8) is 0 Å². The number of hydrogen-bond acceptors (Lipinski definition) is 4. The second-order valence-corrected chi connectivity index (χ2v) is 5.95. The molecule has 2 fully saturated rings. The number of carbonyl (C=O) groups excluding carboxylic acids is 1. The molecule has 2 aliphatic rings. The molecule has 7 nitrogen and oxygen atoms in total. The number of ether oxygens (including phenoxy) is 1. The highest BCUT2D eigenvalue weighted by Gasteiger charge is 2.54. The Morgan fingerprint density at radius 1 is 1.40 bits per heavy atom. The van der Waals surface area contributed by atoms with E-state index in [0.717, 1.165) is 0 Å². The summed E-state index contributed by atoms with van der Waals surface area (Å²) in [7, 11) is -3.24. The van der Waals surface area contributed by atoms with E-state index in [0.29, 0.717) is 26.2 Å². The van der Waals surface area contributed by atoms with Crippen LogP contribution in [0.3, 0.4) is 0 Å². The number of amides is 1. The highest BCUT2D eigenvalue weighted by molar-refractivity contribution is 7.57. The zero-order chi connectivity index (χ0) is 11.1. The van der Waals surface area contributed by atoms with Gasteiger partial charge in [-0.15, -0.1) is 4.83 Å². The van der Waals surface area contributed by atoms with Gasteiger partial charge in [-0.05, 0) is 6.92 Å². The Bertz CT molecular complexity index is 299. The Hall–Kier alpha value is -0.620. The van der Waals surface area contributed by atoms with Crippen molar-refractivity contribution >= 4 is 13.7 Å². The SMILES string of the molecule is CCOC(=O)N(O)P(=O)(N1CC1)N1CC1. The number of carbonyl (C=O) groups is 1. The van der Waals surface area contributed by atoms with Crippen LogP contribution in [0.4, 0.5) is 4.79 Å². The van der Waals surface area contributed by atoms with E-state index in [1.165, 1.54) is 0 Å². The van der Waals surface area contributed by atoms with E-state index in [-0.39, 0.29) is 11.4 Å². The van der Waals surface area contributed by atoms with Gasteiger partial charge in [0.25, 0.3) is 0 Å². The van der Waals surface area contributed by atoms with Crippen molar-refractivity contribution in [1.29, 1.82) is 0 Å². The molecule has 2 aliphatic heterocycles. The maximum Gasteiger partial charge on any atom is 0.442 e. The first-order chi connectivity index (χ1) is 7.10. The van der Waals surface area contributed by atoms with Gasteiger partial charge >= 0.3 is 13.7 Å². The molecule has 1 N–H and O–H groups in total. The van der Waals surface area contributed by atoms with E-state index in [1.54, 1.807) is 16.3 Å². The van der Waals surface area contributed by atoms with Gasteiger partial charge in [-0.25, -0.2) is 14.1 Å². The summed E-state index contributed by atoms with van der Waals surface area (Å²) in [6, 6.07) is 0. The standard InChI is InChI=1S/C7H14N3O4P/c1-2-14-7(11)10(12)15(13,8-3-4-8)9-5-6-9/h12H,2-6H2,1H3. The molecule has 0 atom stereocenters. The molecule has 0 radical (unpaired) electrons. The second-order valence-electron chi connectivity index (χ2n) is 3.41. The summed E-state index contributed by atoms with van der Waals surface area (Å²) < 4.78 is 20.2. The summed E-state index contributed by atoms with van der Waals surface area (Å²) in [5.74, 6) is 0. The minimum atomic E-state index is -3.24. The van der Waals surface area contributed by atoms with Crippen LogP contribution in [0.25, 0.3) is 0 Å². The lowest BCUT2D eigenvalue weighted by molar-refractivity contribution is -0.0101. The maximum absolute atomic E-state index is 12.4. The van der Waals surface area contributed by atoms with Gasteiger partial charge in [0.05, 0.1) is 6.61 Å². The van der Waals surface area contributed by atoms with Gasteiger partial charge in [0.15, 0.2) is 0 Å². The molecule has 0 aromatic rings. The Labute approximate surface area is 87.7 Å². The van der Waals surface area contributed by atoms with Crippen LogP contribution in [0.1, 0.15) is 6.92 Å². The summed E-state index contributed by atoms with van der Waals surface area (Å²) in [6.45, 7) is 4.35. The van der Waals surface area contributed by atoms with Crippen LogP contribution < -0.4 is 0 Å². The lowest BCUT2D eigenvalue weighted by Gasteiger charge is -2.26. The molecule has 2 heterocycles. The average molecular weight is 235 g/mol. The van der Waals surface area contributed by atoms with E-state index in [2.05, 4.69) is 4.74 Å². The van der Waals surface area contributed by atoms with Crippen molar-refractivity contribution in [3.05, 3.63) is 0 Å². The maximum atomic E-state index is 12.4. The number of hydroxylamine groups is 1. The monoisotopic (exact) mass is 235 g/mol. The van der Waals surface area contributed by atoms with Crippen LogP contribution >= 0.6 is 7.59 Å². The molecule has 0 unspecified atom stereocenters. The van der Waals surface area contributed by atoms with Gasteiger partial charge < -0.3 is 4.74 Å². The molecule has 0 saturated carbocycles. The van der Waals surface area contributed by atoms with Crippen molar-refractivity contribution in [2.45, 2.75) is 6.92 Å². The molecular weight excluding hydrogens is 221 g/mol. The fourth-order valence-electron chi connectivity index (χ4n) is 1.32. The van der Waals surface area contributed by atoms with Gasteiger partial charge in [0, 0.05) is 26.2 Å². The Morgan fingerprint density at radius 2 is 1.87 bits per heavy atom. The van der Waals surface area contributed by atoms with Crippen molar-refractivity contribution in [2.24, 2.45) is 0 Å². The molecule has 8 heteroatoms. The largest absolute Gasteiger partial charge is 0.448 e. The third kappa shape index (κ3) is 1.88. The fraction of sp³-hybridized carbons (Fsp3) is 0.857. The van der Waals surface area contributed by atoms with Crippen molar-refractivity contribution < 1.29 is 19.3 Å². The van der Waals surface area contributed by atoms with Gasteiger partial charge in [-0.2, -0.15) is 0 Å². The molecule has 0 bridgehead atoms. The Kier molecular flexibility index (Phi) is 2.72. The zero-order valence-electron chi connectivity index (χ0n) is 8.50. The number of hydrogen-bond donors (Lipinski definition) is 1. The Balaban J connectivity index is 2.10. The smallest absolute Gasteiger partial charge is 0.442 e. The first-order valence-electron chi connectivity index (χ1n) is 4.88. The van der Waals surface area contributed by atoms with Crippen molar-refractivity contribution in [2.75, 3.05) is 32.8 Å². The predicted octanol–water partition coefficient (Wildman–Crippen LogP) is 0.573. The van der Waals surface area contributed by atoms with Crippen LogP contribution in [0.5, 0.6) is 0 Å². The average Bonchev–Trinajstić information content (AvgIpc) is 3.07. The van der Waals surface area contributed by atoms with Gasteiger partial charge in [0.1, 0.15) is 0 Å². The molecular formula is C7H14N3O4P. The number of nitrogens with zero attached hydrogens (tertiary/aromatic N) is 3. The zero-order valence-corrected chi connectivity index (χ0v) is 9.39. The second kappa shape index (κ2) is 3.75. The quantitative estimate of drug-likeness (QED) is 0.332. The molecule has 0 aromatic carbocycles. The predicted molar refractivity (Wildman–Crippen MR) is 51.4 cm³/mol. The molecule has 0 spiro atoms. The molecule has 2 rings (SSSR count). The molecule has 86 valence electrons. The minimum Gasteiger partial charge on any atom is -0.448 e. The summed E-state index contributed by atoms with van der Waals surface area (Å²) in [6.07, 6.45) is -0.945. The summed E-state index contributed by atoms with van der Waals surface area (Å²) >= 11 is 0. The normalized spacial score (nSPS) is 21.2. The van der Waals surface area contributed by atoms with Crippen LogP contribution in [0, 0.1) is 0 Å². The lowest BCUT2D eigenvalue weighted by atomic mass is 10.9. The lowest BCUT2D eigenvalue weighted by Crippen LogP contribution is -2.31. The fourth-order valence-corrected chi connectivity index (χ4v) is 3.65. The van der Waals surface area contributed by atoms with Gasteiger partial charge in [-0.3, -0.25) is 9.77 Å². The number of rotatable bonds is 4. The Morgan fingerprint density at radius 3 is 2.20 bits per heavy atom.